The summed E-state index contributed by atoms with van der Waals surface area (Å²) in [5.41, 5.74) is 2.69. The molecule has 0 aromatic heterocycles. The van der Waals surface area contributed by atoms with Gasteiger partial charge in [-0.25, -0.2) is 4.39 Å². The van der Waals surface area contributed by atoms with E-state index < -0.39 is 0 Å². The molecular formula is C17H20FN. The van der Waals surface area contributed by atoms with E-state index in [2.05, 4.69) is 25.1 Å². The van der Waals surface area contributed by atoms with Crippen LogP contribution < -0.4 is 5.32 Å². The molecule has 0 fully saturated rings. The number of allylic oxidation sites excluding steroid dienone is 4. The van der Waals surface area contributed by atoms with E-state index in [1.165, 1.54) is 12.1 Å². The Hall–Kier alpha value is -2.09. The standard InChI is InChI=1S/C17H20FN/c1-4-8-15(5-2)9-7-12-19-14(3)16-10-6-11-17(18)13-16/h4-6,8,10-11,13,19H,1-3,7,9,12H2/b15-8+. The fourth-order valence-electron chi connectivity index (χ4n) is 1.71. The van der Waals surface area contributed by atoms with Crippen molar-refractivity contribution in [1.82, 2.24) is 5.32 Å². The van der Waals surface area contributed by atoms with Crippen LogP contribution >= 0.6 is 0 Å². The first-order valence-electron chi connectivity index (χ1n) is 6.30. The van der Waals surface area contributed by atoms with Crippen LogP contribution in [-0.2, 0) is 0 Å². The lowest BCUT2D eigenvalue weighted by atomic mass is 10.1. The van der Waals surface area contributed by atoms with Crippen molar-refractivity contribution in [2.24, 2.45) is 0 Å². The van der Waals surface area contributed by atoms with Gasteiger partial charge in [-0.1, -0.05) is 50.1 Å². The maximum atomic E-state index is 13.1. The van der Waals surface area contributed by atoms with E-state index in [9.17, 15) is 4.39 Å². The van der Waals surface area contributed by atoms with Crippen LogP contribution in [0.1, 0.15) is 18.4 Å². The molecule has 0 atom stereocenters. The van der Waals surface area contributed by atoms with Gasteiger partial charge in [-0.2, -0.15) is 0 Å². The molecular weight excluding hydrogens is 237 g/mol. The summed E-state index contributed by atoms with van der Waals surface area (Å²) in [6.45, 7) is 12.1. The number of rotatable bonds is 8. The van der Waals surface area contributed by atoms with Gasteiger partial charge in [0.1, 0.15) is 5.82 Å². The van der Waals surface area contributed by atoms with Crippen molar-refractivity contribution in [2.75, 3.05) is 6.54 Å². The van der Waals surface area contributed by atoms with Crippen LogP contribution in [0.2, 0.25) is 0 Å². The van der Waals surface area contributed by atoms with Crippen LogP contribution in [0.25, 0.3) is 5.70 Å². The lowest BCUT2D eigenvalue weighted by molar-refractivity contribution is 0.627. The molecule has 100 valence electrons. The summed E-state index contributed by atoms with van der Waals surface area (Å²) in [7, 11) is 0. The summed E-state index contributed by atoms with van der Waals surface area (Å²) >= 11 is 0. The molecule has 0 heterocycles. The lowest BCUT2D eigenvalue weighted by Gasteiger charge is -2.10. The monoisotopic (exact) mass is 257 g/mol. The molecule has 0 unspecified atom stereocenters. The molecule has 0 aliphatic heterocycles. The number of benzene rings is 1. The first-order chi connectivity index (χ1) is 9.17. The highest BCUT2D eigenvalue weighted by molar-refractivity contribution is 5.61. The van der Waals surface area contributed by atoms with Crippen LogP contribution in [0.3, 0.4) is 0 Å². The van der Waals surface area contributed by atoms with Crippen LogP contribution in [0.15, 0.2) is 67.8 Å². The van der Waals surface area contributed by atoms with Gasteiger partial charge >= 0.3 is 0 Å². The number of nitrogens with one attached hydrogen (secondary N) is 1. The maximum absolute atomic E-state index is 13.1. The Morgan fingerprint density at radius 1 is 1.32 bits per heavy atom. The van der Waals surface area contributed by atoms with E-state index in [1.54, 1.807) is 12.1 Å². The molecule has 1 aromatic rings. The van der Waals surface area contributed by atoms with Gasteiger partial charge in [0, 0.05) is 12.2 Å². The van der Waals surface area contributed by atoms with Crippen LogP contribution in [0.5, 0.6) is 0 Å². The molecule has 0 saturated carbocycles. The van der Waals surface area contributed by atoms with E-state index in [4.69, 9.17) is 0 Å². The Morgan fingerprint density at radius 3 is 2.74 bits per heavy atom. The third-order valence-corrected chi connectivity index (χ3v) is 2.75. The molecule has 0 saturated heterocycles. The van der Waals surface area contributed by atoms with Crippen molar-refractivity contribution in [2.45, 2.75) is 12.8 Å². The zero-order chi connectivity index (χ0) is 14.1. The van der Waals surface area contributed by atoms with E-state index in [-0.39, 0.29) is 5.82 Å². The molecule has 0 spiro atoms. The average Bonchev–Trinajstić information content (AvgIpc) is 2.42. The van der Waals surface area contributed by atoms with Gasteiger partial charge in [0.05, 0.1) is 0 Å². The molecule has 19 heavy (non-hydrogen) atoms. The summed E-state index contributed by atoms with van der Waals surface area (Å²) in [5, 5.41) is 3.20. The second-order valence-electron chi connectivity index (χ2n) is 4.20. The average molecular weight is 257 g/mol. The molecule has 0 aliphatic carbocycles. The molecule has 1 aromatic carbocycles. The van der Waals surface area contributed by atoms with Crippen molar-refractivity contribution in [3.8, 4) is 0 Å². The second-order valence-corrected chi connectivity index (χ2v) is 4.20. The third-order valence-electron chi connectivity index (χ3n) is 2.75. The molecule has 0 amide bonds. The van der Waals surface area contributed by atoms with Crippen molar-refractivity contribution in [3.05, 3.63) is 79.2 Å². The van der Waals surface area contributed by atoms with Gasteiger partial charge in [0.25, 0.3) is 0 Å². The Bertz CT molecular complexity index is 486. The van der Waals surface area contributed by atoms with Gasteiger partial charge in [-0.15, -0.1) is 0 Å². The van der Waals surface area contributed by atoms with Crippen molar-refractivity contribution in [1.29, 1.82) is 0 Å². The predicted molar refractivity (Wildman–Crippen MR) is 81.1 cm³/mol. The maximum Gasteiger partial charge on any atom is 0.123 e. The van der Waals surface area contributed by atoms with Crippen molar-refractivity contribution < 1.29 is 4.39 Å². The van der Waals surface area contributed by atoms with E-state index in [1.807, 2.05) is 18.2 Å². The smallest absolute Gasteiger partial charge is 0.123 e. The Labute approximate surface area is 114 Å². The summed E-state index contributed by atoms with van der Waals surface area (Å²) in [6, 6.07) is 6.42. The minimum atomic E-state index is -0.247. The third kappa shape index (κ3) is 5.38. The topological polar surface area (TPSA) is 12.0 Å². The first kappa shape index (κ1) is 15.0. The van der Waals surface area contributed by atoms with Crippen LogP contribution in [0, 0.1) is 5.82 Å². The zero-order valence-corrected chi connectivity index (χ0v) is 11.2. The van der Waals surface area contributed by atoms with E-state index in [0.29, 0.717) is 0 Å². The second kappa shape index (κ2) is 8.09. The van der Waals surface area contributed by atoms with Crippen molar-refractivity contribution >= 4 is 5.70 Å². The molecule has 2 heteroatoms. The minimum absolute atomic E-state index is 0.247. The normalized spacial score (nSPS) is 10.9. The SMILES string of the molecule is C=C/C=C(\C=C)CCCNC(=C)c1cccc(F)c1. The molecule has 0 aliphatic rings. The fourth-order valence-corrected chi connectivity index (χ4v) is 1.71. The van der Waals surface area contributed by atoms with Crippen LogP contribution in [-0.4, -0.2) is 6.54 Å². The largest absolute Gasteiger partial charge is 0.385 e. The number of hydrogen-bond acceptors (Lipinski definition) is 1. The minimum Gasteiger partial charge on any atom is -0.385 e. The van der Waals surface area contributed by atoms with E-state index in [0.717, 1.165) is 36.2 Å². The Morgan fingerprint density at radius 2 is 2.11 bits per heavy atom. The van der Waals surface area contributed by atoms with Gasteiger partial charge < -0.3 is 5.32 Å². The van der Waals surface area contributed by atoms with Gasteiger partial charge in [0.15, 0.2) is 0 Å². The fraction of sp³-hybridized carbons (Fsp3) is 0.176. The Balaban J connectivity index is 2.37. The summed E-state index contributed by atoms with van der Waals surface area (Å²) in [4.78, 5) is 0. The Kier molecular flexibility index (Phi) is 6.37. The molecule has 1 rings (SSSR count). The quantitative estimate of drug-likeness (QED) is 0.535. The van der Waals surface area contributed by atoms with Crippen molar-refractivity contribution in [3.63, 3.8) is 0 Å². The number of halogens is 1. The molecule has 0 bridgehead atoms. The highest BCUT2D eigenvalue weighted by atomic mass is 19.1. The summed E-state index contributed by atoms with van der Waals surface area (Å²) in [6.07, 6.45) is 7.44. The van der Waals surface area contributed by atoms with Gasteiger partial charge in [0.2, 0.25) is 0 Å². The summed E-state index contributed by atoms with van der Waals surface area (Å²) in [5.74, 6) is -0.247. The van der Waals surface area contributed by atoms with Gasteiger partial charge in [-0.3, -0.25) is 0 Å². The van der Waals surface area contributed by atoms with Crippen LogP contribution in [0.4, 0.5) is 4.39 Å². The van der Waals surface area contributed by atoms with Gasteiger partial charge in [-0.05, 0) is 36.1 Å². The highest BCUT2D eigenvalue weighted by Crippen LogP contribution is 2.11. The summed E-state index contributed by atoms with van der Waals surface area (Å²) < 4.78 is 13.1. The lowest BCUT2D eigenvalue weighted by Crippen LogP contribution is -2.13. The predicted octanol–water partition coefficient (Wildman–Crippen LogP) is 4.46. The molecule has 1 N–H and O–H groups in total. The number of hydrogen-bond donors (Lipinski definition) is 1. The molecule has 1 nitrogen and oxygen atoms in total. The van der Waals surface area contributed by atoms with E-state index >= 15 is 0 Å². The highest BCUT2D eigenvalue weighted by Gasteiger charge is 1.99. The molecule has 0 radical (unpaired) electrons. The first-order valence-corrected chi connectivity index (χ1v) is 6.30. The zero-order valence-electron chi connectivity index (χ0n) is 11.2.